The highest BCUT2D eigenvalue weighted by atomic mass is 15.3. The van der Waals surface area contributed by atoms with Crippen molar-refractivity contribution in [2.45, 2.75) is 50.2 Å². The summed E-state index contributed by atoms with van der Waals surface area (Å²) in [4.78, 5) is 2.53. The van der Waals surface area contributed by atoms with E-state index in [9.17, 15) is 0 Å². The minimum atomic E-state index is 0.347. The third kappa shape index (κ3) is 0.798. The summed E-state index contributed by atoms with van der Waals surface area (Å²) in [5.41, 5.74) is 6.40. The van der Waals surface area contributed by atoms with E-state index in [1.807, 2.05) is 0 Å². The van der Waals surface area contributed by atoms with Crippen molar-refractivity contribution in [1.82, 2.24) is 4.90 Å². The Balaban J connectivity index is 2.24. The van der Waals surface area contributed by atoms with Crippen LogP contribution in [0.3, 0.4) is 0 Å². The van der Waals surface area contributed by atoms with Gasteiger partial charge in [0.15, 0.2) is 0 Å². The van der Waals surface area contributed by atoms with Gasteiger partial charge in [0.25, 0.3) is 0 Å². The van der Waals surface area contributed by atoms with Gasteiger partial charge in [0.2, 0.25) is 0 Å². The van der Waals surface area contributed by atoms with E-state index in [1.54, 1.807) is 0 Å². The fraction of sp³-hybridized carbons (Fsp3) is 1.00. The highest BCUT2D eigenvalue weighted by Crippen LogP contribution is 2.46. The van der Waals surface area contributed by atoms with Crippen LogP contribution in [0.5, 0.6) is 0 Å². The smallest absolute Gasteiger partial charge is 0.0358 e. The molecular formula is C9H18N2. The summed E-state index contributed by atoms with van der Waals surface area (Å²) >= 11 is 0. The third-order valence-corrected chi connectivity index (χ3v) is 3.92. The van der Waals surface area contributed by atoms with Crippen molar-refractivity contribution in [2.24, 2.45) is 5.73 Å². The third-order valence-electron chi connectivity index (χ3n) is 3.92. The largest absolute Gasteiger partial charge is 0.326 e. The van der Waals surface area contributed by atoms with E-state index in [1.165, 1.54) is 25.7 Å². The lowest BCUT2D eigenvalue weighted by Crippen LogP contribution is -2.51. The van der Waals surface area contributed by atoms with Crippen molar-refractivity contribution in [2.75, 3.05) is 7.05 Å². The molecule has 0 aromatic heterocycles. The lowest BCUT2D eigenvalue weighted by molar-refractivity contribution is 0.165. The predicted molar refractivity (Wildman–Crippen MR) is 46.4 cm³/mol. The number of nitrogens with two attached hydrogens (primary N) is 1. The molecule has 2 fully saturated rings. The molecule has 2 nitrogen and oxygen atoms in total. The van der Waals surface area contributed by atoms with Gasteiger partial charge in [-0.05, 0) is 39.7 Å². The molecule has 2 aliphatic heterocycles. The molecule has 0 aromatic rings. The van der Waals surface area contributed by atoms with Gasteiger partial charge in [-0.3, -0.25) is 4.90 Å². The fourth-order valence-electron chi connectivity index (χ4n) is 2.98. The Morgan fingerprint density at radius 2 is 2.00 bits per heavy atom. The molecule has 2 bridgehead atoms. The van der Waals surface area contributed by atoms with Gasteiger partial charge in [0.1, 0.15) is 0 Å². The van der Waals surface area contributed by atoms with Gasteiger partial charge < -0.3 is 5.73 Å². The quantitative estimate of drug-likeness (QED) is 0.609. The molecule has 1 atom stereocenters. The van der Waals surface area contributed by atoms with Crippen LogP contribution in [-0.4, -0.2) is 29.6 Å². The van der Waals surface area contributed by atoms with Crippen LogP contribution in [0.2, 0.25) is 0 Å². The molecule has 0 saturated carbocycles. The van der Waals surface area contributed by atoms with Crippen molar-refractivity contribution >= 4 is 0 Å². The average molecular weight is 154 g/mol. The number of nitrogens with zero attached hydrogens (tertiary/aromatic N) is 1. The first kappa shape index (κ1) is 7.56. The van der Waals surface area contributed by atoms with Crippen molar-refractivity contribution in [1.29, 1.82) is 0 Å². The summed E-state index contributed by atoms with van der Waals surface area (Å²) in [5.74, 6) is 0. The molecule has 2 saturated heterocycles. The minimum Gasteiger partial charge on any atom is -0.326 e. The molecule has 0 radical (unpaired) electrons. The zero-order chi connectivity index (χ0) is 8.06. The second-order valence-corrected chi connectivity index (χ2v) is 4.23. The highest BCUT2D eigenvalue weighted by molar-refractivity contribution is 5.09. The van der Waals surface area contributed by atoms with Gasteiger partial charge in [0, 0.05) is 17.6 Å². The number of hydrogen-bond acceptors (Lipinski definition) is 2. The van der Waals surface area contributed by atoms with E-state index in [-0.39, 0.29) is 0 Å². The number of likely N-dealkylation sites (N-methyl/N-ethyl adjacent to an activating group) is 1. The second-order valence-electron chi connectivity index (χ2n) is 4.23. The Labute approximate surface area is 68.7 Å². The van der Waals surface area contributed by atoms with Crippen molar-refractivity contribution in [3.63, 3.8) is 0 Å². The van der Waals surface area contributed by atoms with E-state index in [0.717, 1.165) is 6.04 Å². The van der Waals surface area contributed by atoms with Gasteiger partial charge >= 0.3 is 0 Å². The monoisotopic (exact) mass is 154 g/mol. The minimum absolute atomic E-state index is 0.347. The number of hydrogen-bond donors (Lipinski definition) is 1. The Hall–Kier alpha value is -0.0800. The van der Waals surface area contributed by atoms with E-state index < -0.39 is 0 Å². The molecule has 2 heteroatoms. The van der Waals surface area contributed by atoms with Crippen LogP contribution in [0.4, 0.5) is 0 Å². The molecule has 0 amide bonds. The summed E-state index contributed by atoms with van der Waals surface area (Å²) < 4.78 is 0. The Morgan fingerprint density at radius 3 is 2.18 bits per heavy atom. The Bertz CT molecular complexity index is 157. The summed E-state index contributed by atoms with van der Waals surface area (Å²) in [6.45, 7) is 2.16. The van der Waals surface area contributed by atoms with E-state index in [2.05, 4.69) is 18.9 Å². The second kappa shape index (κ2) is 2.20. The maximum atomic E-state index is 6.02. The van der Waals surface area contributed by atoms with Crippen LogP contribution in [0.25, 0.3) is 0 Å². The van der Waals surface area contributed by atoms with Gasteiger partial charge in [0.05, 0.1) is 0 Å². The van der Waals surface area contributed by atoms with E-state index in [4.69, 9.17) is 5.73 Å². The zero-order valence-corrected chi connectivity index (χ0v) is 7.51. The summed E-state index contributed by atoms with van der Waals surface area (Å²) in [6, 6.07) is 1.20. The van der Waals surface area contributed by atoms with E-state index in [0.29, 0.717) is 11.6 Å². The molecular weight excluding hydrogens is 136 g/mol. The van der Waals surface area contributed by atoms with Gasteiger partial charge in [-0.2, -0.15) is 0 Å². The van der Waals surface area contributed by atoms with Crippen LogP contribution in [0, 0.1) is 0 Å². The highest BCUT2D eigenvalue weighted by Gasteiger charge is 2.51. The van der Waals surface area contributed by atoms with Gasteiger partial charge in [-0.15, -0.1) is 0 Å². The van der Waals surface area contributed by atoms with Crippen LogP contribution < -0.4 is 5.73 Å². The molecule has 2 heterocycles. The van der Waals surface area contributed by atoms with Crippen LogP contribution >= 0.6 is 0 Å². The molecule has 2 aliphatic rings. The van der Waals surface area contributed by atoms with Crippen LogP contribution in [-0.2, 0) is 0 Å². The zero-order valence-electron chi connectivity index (χ0n) is 7.51. The molecule has 2 rings (SSSR count). The fourth-order valence-corrected chi connectivity index (χ4v) is 2.98. The first-order valence-corrected chi connectivity index (χ1v) is 4.65. The van der Waals surface area contributed by atoms with Crippen molar-refractivity contribution in [3.05, 3.63) is 0 Å². The molecule has 0 unspecified atom stereocenters. The summed E-state index contributed by atoms with van der Waals surface area (Å²) in [7, 11) is 2.24. The maximum Gasteiger partial charge on any atom is 0.0358 e. The SMILES string of the molecule is C[C@@H](N)C12CCC(CC1)N2C. The maximum absolute atomic E-state index is 6.02. The van der Waals surface area contributed by atoms with Crippen LogP contribution in [0.1, 0.15) is 32.6 Å². The molecule has 11 heavy (non-hydrogen) atoms. The van der Waals surface area contributed by atoms with E-state index >= 15 is 0 Å². The topological polar surface area (TPSA) is 29.3 Å². The lowest BCUT2D eigenvalue weighted by Gasteiger charge is -2.36. The first-order chi connectivity index (χ1) is 5.17. The first-order valence-electron chi connectivity index (χ1n) is 4.65. The van der Waals surface area contributed by atoms with Gasteiger partial charge in [-0.1, -0.05) is 0 Å². The predicted octanol–water partition coefficient (Wildman–Crippen LogP) is 0.960. The Morgan fingerprint density at radius 1 is 1.45 bits per heavy atom. The standard InChI is InChI=1S/C9H18N2/c1-7(10)9-5-3-8(4-6-9)11(9)2/h7-8H,3-6,10H2,1-2H3/t7-,8?,9?/m1/s1. The molecule has 0 spiro atoms. The Kier molecular flexibility index (Phi) is 1.52. The lowest BCUT2D eigenvalue weighted by atomic mass is 9.83. The number of rotatable bonds is 1. The van der Waals surface area contributed by atoms with Gasteiger partial charge in [-0.25, -0.2) is 0 Å². The molecule has 64 valence electrons. The molecule has 2 N–H and O–H groups in total. The molecule has 0 aromatic carbocycles. The van der Waals surface area contributed by atoms with Crippen molar-refractivity contribution in [3.8, 4) is 0 Å². The van der Waals surface area contributed by atoms with Crippen molar-refractivity contribution < 1.29 is 0 Å². The molecule has 0 aliphatic carbocycles. The summed E-state index contributed by atoms with van der Waals surface area (Å²) in [5, 5.41) is 0. The average Bonchev–Trinajstić information content (AvgIpc) is 2.46. The number of fused-ring (bicyclic) bond motifs is 2. The normalized spacial score (nSPS) is 46.6. The summed E-state index contributed by atoms with van der Waals surface area (Å²) in [6.07, 6.45) is 5.40. The van der Waals surface area contributed by atoms with Crippen LogP contribution in [0.15, 0.2) is 0 Å².